The zero-order valence-electron chi connectivity index (χ0n) is 11.3. The van der Waals surface area contributed by atoms with Crippen molar-refractivity contribution in [2.75, 3.05) is 11.5 Å². The van der Waals surface area contributed by atoms with Gasteiger partial charge in [0.15, 0.2) is 5.82 Å². The molecule has 1 saturated carbocycles. The van der Waals surface area contributed by atoms with Crippen molar-refractivity contribution in [3.05, 3.63) is 11.7 Å². The van der Waals surface area contributed by atoms with Crippen LogP contribution in [0.15, 0.2) is 4.52 Å². The van der Waals surface area contributed by atoms with Gasteiger partial charge >= 0.3 is 0 Å². The molecule has 2 unspecified atom stereocenters. The van der Waals surface area contributed by atoms with Crippen molar-refractivity contribution in [2.45, 2.75) is 55.1 Å². The van der Waals surface area contributed by atoms with Crippen molar-refractivity contribution < 1.29 is 4.52 Å². The molecule has 2 atom stereocenters. The van der Waals surface area contributed by atoms with E-state index >= 15 is 0 Å². The predicted molar refractivity (Wildman–Crippen MR) is 80.5 cm³/mol. The van der Waals surface area contributed by atoms with Crippen molar-refractivity contribution in [1.82, 2.24) is 10.1 Å². The van der Waals surface area contributed by atoms with E-state index < -0.39 is 0 Å². The van der Waals surface area contributed by atoms with E-state index in [1.807, 2.05) is 23.5 Å². The Hall–Kier alpha value is -0.200. The summed E-state index contributed by atoms with van der Waals surface area (Å²) < 4.78 is 5.43. The Labute approximate surface area is 122 Å². The predicted octanol–water partition coefficient (Wildman–Crippen LogP) is 2.79. The minimum Gasteiger partial charge on any atom is -0.339 e. The van der Waals surface area contributed by atoms with Gasteiger partial charge in [0, 0.05) is 28.7 Å². The smallest absolute Gasteiger partial charge is 0.228 e. The lowest BCUT2D eigenvalue weighted by Gasteiger charge is -2.25. The van der Waals surface area contributed by atoms with E-state index in [9.17, 15) is 0 Å². The van der Waals surface area contributed by atoms with E-state index in [0.29, 0.717) is 10.5 Å². The maximum absolute atomic E-state index is 6.37. The standard InChI is InChI=1S/C13H21N3OS2/c1-9-11(19-7-6-18-9)12-15-10(17-16-12)8-13(14)4-2-3-5-13/h9,11H,2-8,14H2,1H3. The Morgan fingerprint density at radius 3 is 2.79 bits per heavy atom. The molecule has 2 N–H and O–H groups in total. The molecule has 0 bridgehead atoms. The van der Waals surface area contributed by atoms with Gasteiger partial charge in [0.2, 0.25) is 5.89 Å². The summed E-state index contributed by atoms with van der Waals surface area (Å²) in [5.41, 5.74) is 6.26. The normalized spacial score (nSPS) is 30.6. The van der Waals surface area contributed by atoms with Gasteiger partial charge in [-0.25, -0.2) is 0 Å². The molecular formula is C13H21N3OS2. The van der Waals surface area contributed by atoms with Gasteiger partial charge in [0.05, 0.1) is 5.25 Å². The van der Waals surface area contributed by atoms with Crippen LogP contribution in [0.5, 0.6) is 0 Å². The molecule has 2 fully saturated rings. The van der Waals surface area contributed by atoms with Crippen LogP contribution in [0.25, 0.3) is 0 Å². The average Bonchev–Trinajstić information content (AvgIpc) is 3.00. The largest absolute Gasteiger partial charge is 0.339 e. The highest BCUT2D eigenvalue weighted by Crippen LogP contribution is 2.41. The summed E-state index contributed by atoms with van der Waals surface area (Å²) in [5.74, 6) is 3.98. The Kier molecular flexibility index (Phi) is 4.10. The lowest BCUT2D eigenvalue weighted by atomic mass is 9.95. The molecule has 2 heterocycles. The number of thioether (sulfide) groups is 2. The first kappa shape index (κ1) is 13.8. The molecule has 0 spiro atoms. The van der Waals surface area contributed by atoms with Crippen LogP contribution < -0.4 is 5.73 Å². The number of rotatable bonds is 3. The van der Waals surface area contributed by atoms with E-state index in [-0.39, 0.29) is 5.54 Å². The SMILES string of the molecule is CC1SCCSC1c1noc(CC2(N)CCCC2)n1. The molecule has 106 valence electrons. The lowest BCUT2D eigenvalue weighted by Crippen LogP contribution is -2.38. The van der Waals surface area contributed by atoms with Crippen molar-refractivity contribution in [1.29, 1.82) is 0 Å². The highest BCUT2D eigenvalue weighted by Gasteiger charge is 2.33. The number of nitrogens with two attached hydrogens (primary N) is 1. The maximum Gasteiger partial charge on any atom is 0.228 e. The van der Waals surface area contributed by atoms with E-state index in [1.54, 1.807) is 0 Å². The van der Waals surface area contributed by atoms with Crippen LogP contribution in [0.1, 0.15) is 49.6 Å². The summed E-state index contributed by atoms with van der Waals surface area (Å²) in [7, 11) is 0. The van der Waals surface area contributed by atoms with Crippen LogP contribution in [0.2, 0.25) is 0 Å². The third kappa shape index (κ3) is 3.11. The van der Waals surface area contributed by atoms with E-state index in [1.165, 1.54) is 24.3 Å². The minimum absolute atomic E-state index is 0.107. The van der Waals surface area contributed by atoms with E-state index in [4.69, 9.17) is 10.3 Å². The quantitative estimate of drug-likeness (QED) is 0.926. The van der Waals surface area contributed by atoms with Crippen LogP contribution in [-0.2, 0) is 6.42 Å². The van der Waals surface area contributed by atoms with Gasteiger partial charge in [0.1, 0.15) is 0 Å². The fourth-order valence-corrected chi connectivity index (χ4v) is 5.61. The van der Waals surface area contributed by atoms with Gasteiger partial charge in [-0.1, -0.05) is 24.9 Å². The molecule has 4 nitrogen and oxygen atoms in total. The summed E-state index contributed by atoms with van der Waals surface area (Å²) in [5, 5.41) is 5.11. The molecule has 1 aliphatic carbocycles. The Morgan fingerprint density at radius 1 is 1.32 bits per heavy atom. The second-order valence-corrected chi connectivity index (χ2v) is 8.39. The monoisotopic (exact) mass is 299 g/mol. The Balaban J connectivity index is 1.68. The molecule has 1 aromatic rings. The second kappa shape index (κ2) is 5.66. The topological polar surface area (TPSA) is 64.9 Å². The van der Waals surface area contributed by atoms with Crippen molar-refractivity contribution in [3.8, 4) is 0 Å². The third-order valence-corrected chi connectivity index (χ3v) is 7.12. The lowest BCUT2D eigenvalue weighted by molar-refractivity contribution is 0.327. The number of hydrogen-bond donors (Lipinski definition) is 1. The van der Waals surface area contributed by atoms with Crippen LogP contribution >= 0.6 is 23.5 Å². The van der Waals surface area contributed by atoms with Crippen LogP contribution in [0.4, 0.5) is 0 Å². The zero-order valence-corrected chi connectivity index (χ0v) is 12.9. The van der Waals surface area contributed by atoms with Gasteiger partial charge in [-0.05, 0) is 12.8 Å². The molecule has 0 radical (unpaired) electrons. The third-order valence-electron chi connectivity index (χ3n) is 4.03. The van der Waals surface area contributed by atoms with Gasteiger partial charge in [0.25, 0.3) is 0 Å². The Morgan fingerprint density at radius 2 is 2.05 bits per heavy atom. The molecule has 0 amide bonds. The Bertz CT molecular complexity index is 431. The summed E-state index contributed by atoms with van der Waals surface area (Å²) in [6, 6.07) is 0. The van der Waals surface area contributed by atoms with E-state index in [2.05, 4.69) is 17.1 Å². The average molecular weight is 299 g/mol. The molecular weight excluding hydrogens is 278 g/mol. The number of aromatic nitrogens is 2. The van der Waals surface area contributed by atoms with Crippen LogP contribution in [-0.4, -0.2) is 32.4 Å². The molecule has 1 saturated heterocycles. The van der Waals surface area contributed by atoms with Crippen molar-refractivity contribution >= 4 is 23.5 Å². The first-order chi connectivity index (χ1) is 9.16. The summed E-state index contributed by atoms with van der Waals surface area (Å²) in [6.07, 6.45) is 5.34. The molecule has 1 aliphatic heterocycles. The molecule has 6 heteroatoms. The van der Waals surface area contributed by atoms with E-state index in [0.717, 1.165) is 31.0 Å². The minimum atomic E-state index is -0.107. The molecule has 0 aromatic carbocycles. The maximum atomic E-state index is 6.37. The van der Waals surface area contributed by atoms with Crippen LogP contribution in [0.3, 0.4) is 0 Å². The number of nitrogens with zero attached hydrogens (tertiary/aromatic N) is 2. The first-order valence-electron chi connectivity index (χ1n) is 7.01. The van der Waals surface area contributed by atoms with Gasteiger partial charge in [-0.3, -0.25) is 0 Å². The zero-order chi connectivity index (χ0) is 13.3. The molecule has 1 aromatic heterocycles. The summed E-state index contributed by atoms with van der Waals surface area (Å²) in [4.78, 5) is 4.60. The highest BCUT2D eigenvalue weighted by atomic mass is 32.2. The fraction of sp³-hybridized carbons (Fsp3) is 0.846. The molecule has 19 heavy (non-hydrogen) atoms. The number of hydrogen-bond acceptors (Lipinski definition) is 6. The van der Waals surface area contributed by atoms with Gasteiger partial charge in [-0.15, -0.1) is 11.8 Å². The van der Waals surface area contributed by atoms with Crippen molar-refractivity contribution in [2.24, 2.45) is 5.73 Å². The first-order valence-corrected chi connectivity index (χ1v) is 9.11. The summed E-state index contributed by atoms with van der Waals surface area (Å²) >= 11 is 3.94. The van der Waals surface area contributed by atoms with Crippen molar-refractivity contribution in [3.63, 3.8) is 0 Å². The summed E-state index contributed by atoms with van der Waals surface area (Å²) in [6.45, 7) is 2.25. The van der Waals surface area contributed by atoms with Gasteiger partial charge < -0.3 is 10.3 Å². The van der Waals surface area contributed by atoms with Gasteiger partial charge in [-0.2, -0.15) is 16.7 Å². The molecule has 2 aliphatic rings. The second-order valence-electron chi connectivity index (χ2n) is 5.66. The highest BCUT2D eigenvalue weighted by molar-refractivity contribution is 8.06. The van der Waals surface area contributed by atoms with Crippen LogP contribution in [0, 0.1) is 0 Å². The fourth-order valence-electron chi connectivity index (χ4n) is 2.93. The molecule has 3 rings (SSSR count).